The molecule has 0 saturated carbocycles. The summed E-state index contributed by atoms with van der Waals surface area (Å²) < 4.78 is 1.58. The molecule has 1 N–H and O–H groups in total. The van der Waals surface area contributed by atoms with E-state index in [-0.39, 0.29) is 5.91 Å². The maximum absolute atomic E-state index is 11.8. The number of amides is 1. The number of anilines is 1. The third-order valence-corrected chi connectivity index (χ3v) is 3.26. The van der Waals surface area contributed by atoms with Gasteiger partial charge >= 0.3 is 0 Å². The highest BCUT2D eigenvalue weighted by atomic mass is 32.1. The summed E-state index contributed by atoms with van der Waals surface area (Å²) in [6, 6.07) is 0. The summed E-state index contributed by atoms with van der Waals surface area (Å²) in [6.07, 6.45) is 3.17. The summed E-state index contributed by atoms with van der Waals surface area (Å²) in [5.74, 6) is 0.0982. The molecule has 2 heterocycles. The van der Waals surface area contributed by atoms with E-state index in [1.807, 2.05) is 13.8 Å². The minimum atomic E-state index is -0.218. The molecule has 0 radical (unpaired) electrons. The monoisotopic (exact) mass is 251 g/mol. The number of rotatable bonds is 3. The van der Waals surface area contributed by atoms with Crippen molar-refractivity contribution < 1.29 is 4.79 Å². The second-order valence-corrected chi connectivity index (χ2v) is 4.97. The first-order valence-corrected chi connectivity index (χ1v) is 6.01. The van der Waals surface area contributed by atoms with Crippen molar-refractivity contribution in [3.05, 3.63) is 23.0 Å². The van der Waals surface area contributed by atoms with Crippen LogP contribution in [-0.2, 0) is 7.05 Å². The van der Waals surface area contributed by atoms with Crippen molar-refractivity contribution in [1.29, 1.82) is 0 Å². The van der Waals surface area contributed by atoms with Crippen LogP contribution in [-0.4, -0.2) is 25.9 Å². The van der Waals surface area contributed by atoms with Gasteiger partial charge in [0.25, 0.3) is 5.91 Å². The number of hydrogen-bond acceptors (Lipinski definition) is 5. The lowest BCUT2D eigenvalue weighted by atomic mass is 10.2. The van der Waals surface area contributed by atoms with E-state index in [2.05, 4.69) is 20.6 Å². The van der Waals surface area contributed by atoms with Gasteiger partial charge in [-0.1, -0.05) is 25.2 Å². The Morgan fingerprint density at radius 3 is 2.76 bits per heavy atom. The number of carbonyl (C=O) groups excluding carboxylic acids is 1. The van der Waals surface area contributed by atoms with Crippen LogP contribution in [0.4, 0.5) is 5.13 Å². The SMILES string of the molecule is CC(C)c1nnc(NC(=O)c2cnn(C)c2)s1. The lowest BCUT2D eigenvalue weighted by molar-refractivity contribution is 0.102. The van der Waals surface area contributed by atoms with E-state index >= 15 is 0 Å². The molecule has 0 spiro atoms. The normalized spacial score (nSPS) is 10.8. The van der Waals surface area contributed by atoms with Crippen molar-refractivity contribution >= 4 is 22.4 Å². The lowest BCUT2D eigenvalue weighted by Crippen LogP contribution is -2.10. The first-order chi connectivity index (χ1) is 8.06. The van der Waals surface area contributed by atoms with Crippen molar-refractivity contribution in [3.63, 3.8) is 0 Å². The Morgan fingerprint density at radius 1 is 1.47 bits per heavy atom. The third kappa shape index (κ3) is 2.68. The molecule has 2 aromatic rings. The Morgan fingerprint density at radius 2 is 2.24 bits per heavy atom. The molecular formula is C10H13N5OS. The predicted octanol–water partition coefficient (Wildman–Crippen LogP) is 1.65. The van der Waals surface area contributed by atoms with Gasteiger partial charge in [-0.2, -0.15) is 5.10 Å². The average Bonchev–Trinajstić information content (AvgIpc) is 2.86. The van der Waals surface area contributed by atoms with E-state index in [1.54, 1.807) is 17.9 Å². The molecule has 0 aromatic carbocycles. The van der Waals surface area contributed by atoms with E-state index in [9.17, 15) is 4.79 Å². The Balaban J connectivity index is 2.07. The highest BCUT2D eigenvalue weighted by Crippen LogP contribution is 2.22. The topological polar surface area (TPSA) is 72.7 Å². The molecule has 0 aliphatic carbocycles. The standard InChI is InChI=1S/C10H13N5OS/c1-6(2)9-13-14-10(17-9)12-8(16)7-4-11-15(3)5-7/h4-6H,1-3H3,(H,12,14,16). The number of aromatic nitrogens is 4. The minimum absolute atomic E-state index is 0.218. The second kappa shape index (κ2) is 4.62. The first-order valence-electron chi connectivity index (χ1n) is 5.19. The maximum atomic E-state index is 11.8. The van der Waals surface area contributed by atoms with Crippen LogP contribution in [0.15, 0.2) is 12.4 Å². The molecule has 1 amide bonds. The van der Waals surface area contributed by atoms with Crippen molar-refractivity contribution in [2.75, 3.05) is 5.32 Å². The summed E-state index contributed by atoms with van der Waals surface area (Å²) in [4.78, 5) is 11.8. The molecule has 0 unspecified atom stereocenters. The van der Waals surface area contributed by atoms with Crippen molar-refractivity contribution in [2.24, 2.45) is 7.05 Å². The van der Waals surface area contributed by atoms with E-state index < -0.39 is 0 Å². The number of carbonyl (C=O) groups is 1. The average molecular weight is 251 g/mol. The lowest BCUT2D eigenvalue weighted by Gasteiger charge is -1.97. The van der Waals surface area contributed by atoms with E-state index in [0.29, 0.717) is 16.6 Å². The van der Waals surface area contributed by atoms with Crippen LogP contribution in [0.2, 0.25) is 0 Å². The number of nitrogens with zero attached hydrogens (tertiary/aromatic N) is 4. The zero-order valence-electron chi connectivity index (χ0n) is 9.84. The van der Waals surface area contributed by atoms with Gasteiger partial charge in [-0.05, 0) is 0 Å². The highest BCUT2D eigenvalue weighted by molar-refractivity contribution is 7.15. The van der Waals surface area contributed by atoms with Crippen molar-refractivity contribution in [3.8, 4) is 0 Å². The van der Waals surface area contributed by atoms with Crippen LogP contribution in [0, 0.1) is 0 Å². The second-order valence-electron chi connectivity index (χ2n) is 3.96. The molecule has 2 rings (SSSR count). The Hall–Kier alpha value is -1.76. The molecule has 90 valence electrons. The van der Waals surface area contributed by atoms with Gasteiger partial charge in [0.05, 0.1) is 11.8 Å². The molecule has 0 fully saturated rings. The van der Waals surface area contributed by atoms with Crippen LogP contribution in [0.5, 0.6) is 0 Å². The summed E-state index contributed by atoms with van der Waals surface area (Å²) in [5, 5.41) is 16.0. The fourth-order valence-corrected chi connectivity index (χ4v) is 1.97. The molecule has 7 heteroatoms. The van der Waals surface area contributed by atoms with Crippen LogP contribution in [0.3, 0.4) is 0 Å². The van der Waals surface area contributed by atoms with Crippen LogP contribution in [0.25, 0.3) is 0 Å². The summed E-state index contributed by atoms with van der Waals surface area (Å²) in [5.41, 5.74) is 0.508. The van der Waals surface area contributed by atoms with E-state index in [0.717, 1.165) is 5.01 Å². The summed E-state index contributed by atoms with van der Waals surface area (Å²) in [6.45, 7) is 4.07. The molecule has 0 atom stereocenters. The maximum Gasteiger partial charge on any atom is 0.260 e. The number of nitrogens with one attached hydrogen (secondary N) is 1. The summed E-state index contributed by atoms with van der Waals surface area (Å²) in [7, 11) is 1.76. The van der Waals surface area contributed by atoms with E-state index in [1.165, 1.54) is 17.5 Å². The van der Waals surface area contributed by atoms with Gasteiger partial charge in [0.15, 0.2) is 0 Å². The Kier molecular flexibility index (Phi) is 3.19. The van der Waals surface area contributed by atoms with E-state index in [4.69, 9.17) is 0 Å². The highest BCUT2D eigenvalue weighted by Gasteiger charge is 2.12. The third-order valence-electron chi connectivity index (χ3n) is 2.12. The number of hydrogen-bond donors (Lipinski definition) is 1. The van der Waals surface area contributed by atoms with Gasteiger partial charge in [0.1, 0.15) is 5.01 Å². The molecule has 6 nitrogen and oxygen atoms in total. The molecule has 2 aromatic heterocycles. The molecule has 0 aliphatic heterocycles. The Labute approximate surface area is 103 Å². The zero-order chi connectivity index (χ0) is 12.4. The van der Waals surface area contributed by atoms with Crippen molar-refractivity contribution in [2.45, 2.75) is 19.8 Å². The predicted molar refractivity (Wildman–Crippen MR) is 65.2 cm³/mol. The molecule has 0 aliphatic rings. The summed E-state index contributed by atoms with van der Waals surface area (Å²) >= 11 is 1.39. The molecular weight excluding hydrogens is 238 g/mol. The molecule has 0 bridgehead atoms. The van der Waals surface area contributed by atoms with Crippen LogP contribution >= 0.6 is 11.3 Å². The van der Waals surface area contributed by atoms with Crippen LogP contribution in [0.1, 0.15) is 35.1 Å². The zero-order valence-corrected chi connectivity index (χ0v) is 10.7. The minimum Gasteiger partial charge on any atom is -0.296 e. The van der Waals surface area contributed by atoms with Gasteiger partial charge in [0, 0.05) is 19.2 Å². The quantitative estimate of drug-likeness (QED) is 0.900. The largest absolute Gasteiger partial charge is 0.296 e. The molecule has 17 heavy (non-hydrogen) atoms. The van der Waals surface area contributed by atoms with Gasteiger partial charge in [-0.25, -0.2) is 0 Å². The fraction of sp³-hybridized carbons (Fsp3) is 0.400. The van der Waals surface area contributed by atoms with Crippen LogP contribution < -0.4 is 5.32 Å². The Bertz CT molecular complexity index is 530. The molecule has 0 saturated heterocycles. The van der Waals surface area contributed by atoms with Crippen molar-refractivity contribution in [1.82, 2.24) is 20.0 Å². The number of aryl methyl sites for hydroxylation is 1. The van der Waals surface area contributed by atoms with Gasteiger partial charge in [0.2, 0.25) is 5.13 Å². The smallest absolute Gasteiger partial charge is 0.260 e. The first kappa shape index (κ1) is 11.7. The van der Waals surface area contributed by atoms with Gasteiger partial charge in [-0.3, -0.25) is 14.8 Å². The van der Waals surface area contributed by atoms with Gasteiger partial charge < -0.3 is 0 Å². The van der Waals surface area contributed by atoms with Gasteiger partial charge in [-0.15, -0.1) is 10.2 Å². The fourth-order valence-electron chi connectivity index (χ4n) is 1.23.